The molecule has 0 aromatic heterocycles. The molecular formula is C24H23ClN2O7S. The van der Waals surface area contributed by atoms with Crippen molar-refractivity contribution in [2.45, 2.75) is 6.92 Å². The highest BCUT2D eigenvalue weighted by Crippen LogP contribution is 2.33. The van der Waals surface area contributed by atoms with E-state index in [1.54, 1.807) is 55.5 Å². The number of halogens is 1. The van der Waals surface area contributed by atoms with E-state index in [1.807, 2.05) is 0 Å². The summed E-state index contributed by atoms with van der Waals surface area (Å²) in [7, 11) is 2.52. The number of ether oxygens (including phenoxy) is 4. The van der Waals surface area contributed by atoms with Gasteiger partial charge in [0.1, 0.15) is 12.2 Å². The minimum Gasteiger partial charge on any atom is -0.490 e. The van der Waals surface area contributed by atoms with Crippen LogP contribution in [0.3, 0.4) is 0 Å². The normalized spacial score (nSPS) is 14.3. The van der Waals surface area contributed by atoms with Crippen molar-refractivity contribution in [3.8, 4) is 11.5 Å². The number of hydrogen-bond donors (Lipinski definition) is 0. The van der Waals surface area contributed by atoms with Crippen LogP contribution in [0.4, 0.5) is 5.69 Å². The predicted molar refractivity (Wildman–Crippen MR) is 133 cm³/mol. The van der Waals surface area contributed by atoms with E-state index >= 15 is 0 Å². The zero-order chi connectivity index (χ0) is 25.5. The van der Waals surface area contributed by atoms with E-state index < -0.39 is 17.8 Å². The third-order valence-electron chi connectivity index (χ3n) is 4.88. The highest BCUT2D eigenvalue weighted by atomic mass is 35.5. The van der Waals surface area contributed by atoms with Crippen LogP contribution in [0.2, 0.25) is 5.02 Å². The molecule has 184 valence electrons. The van der Waals surface area contributed by atoms with Crippen LogP contribution in [0.1, 0.15) is 12.5 Å². The van der Waals surface area contributed by atoms with Gasteiger partial charge in [-0.25, -0.2) is 4.79 Å². The summed E-state index contributed by atoms with van der Waals surface area (Å²) in [4.78, 5) is 39.6. The molecule has 1 saturated heterocycles. The van der Waals surface area contributed by atoms with Crippen molar-refractivity contribution >= 4 is 58.5 Å². The van der Waals surface area contributed by atoms with Crippen molar-refractivity contribution in [2.24, 2.45) is 0 Å². The standard InChI is InChI=1S/C24H23ClN2O7S/c1-4-33-20-12-15(5-10-19(20)34-14-22(29)32-3)11-18-23(30)27(17-8-6-16(25)7-9-17)24(35)26(18)13-21(28)31-2/h5-12H,4,13-14H2,1-3H3/b18-11-. The second-order valence-corrected chi connectivity index (χ2v) is 7.90. The quantitative estimate of drug-likeness (QED) is 0.281. The third-order valence-corrected chi connectivity index (χ3v) is 5.53. The zero-order valence-corrected chi connectivity index (χ0v) is 20.9. The molecule has 9 nitrogen and oxygen atoms in total. The Kier molecular flexibility index (Phi) is 8.67. The minimum absolute atomic E-state index is 0.122. The van der Waals surface area contributed by atoms with Crippen LogP contribution < -0.4 is 14.4 Å². The molecule has 0 saturated carbocycles. The number of methoxy groups -OCH3 is 2. The van der Waals surface area contributed by atoms with Crippen molar-refractivity contribution in [1.29, 1.82) is 0 Å². The molecule has 0 atom stereocenters. The smallest absolute Gasteiger partial charge is 0.343 e. The number of carbonyl (C=O) groups excluding carboxylic acids is 3. The fourth-order valence-corrected chi connectivity index (χ4v) is 3.68. The Morgan fingerprint density at radius 3 is 2.31 bits per heavy atom. The van der Waals surface area contributed by atoms with Gasteiger partial charge in [-0.05, 0) is 67.2 Å². The lowest BCUT2D eigenvalue weighted by Gasteiger charge is -2.19. The van der Waals surface area contributed by atoms with Gasteiger partial charge in [-0.1, -0.05) is 17.7 Å². The number of hydrogen-bond acceptors (Lipinski definition) is 8. The average molecular weight is 519 g/mol. The molecule has 0 radical (unpaired) electrons. The van der Waals surface area contributed by atoms with Gasteiger partial charge in [-0.15, -0.1) is 0 Å². The molecule has 1 heterocycles. The number of esters is 2. The van der Waals surface area contributed by atoms with Gasteiger partial charge in [0.2, 0.25) is 0 Å². The first-order chi connectivity index (χ1) is 16.8. The fourth-order valence-electron chi connectivity index (χ4n) is 3.20. The molecule has 2 aromatic rings. The molecule has 0 bridgehead atoms. The first kappa shape index (κ1) is 26.0. The SMILES string of the molecule is CCOc1cc(/C=C2/C(=O)N(c3ccc(Cl)cc3)C(=S)N2CC(=O)OC)ccc1OCC(=O)OC. The van der Waals surface area contributed by atoms with Crippen molar-refractivity contribution in [3.63, 3.8) is 0 Å². The number of nitrogens with zero attached hydrogens (tertiary/aromatic N) is 2. The average Bonchev–Trinajstić information content (AvgIpc) is 3.07. The Balaban J connectivity index is 2.00. The lowest BCUT2D eigenvalue weighted by molar-refractivity contribution is -0.143. The van der Waals surface area contributed by atoms with Crippen molar-refractivity contribution < 1.29 is 33.3 Å². The van der Waals surface area contributed by atoms with Crippen molar-refractivity contribution in [2.75, 3.05) is 38.9 Å². The van der Waals surface area contributed by atoms with Gasteiger partial charge in [0.15, 0.2) is 23.2 Å². The zero-order valence-electron chi connectivity index (χ0n) is 19.3. The Morgan fingerprint density at radius 1 is 1.00 bits per heavy atom. The number of thiocarbonyl (C=S) groups is 1. The van der Waals surface area contributed by atoms with Crippen LogP contribution in [0.25, 0.3) is 6.08 Å². The van der Waals surface area contributed by atoms with Gasteiger partial charge in [0, 0.05) is 5.02 Å². The first-order valence-corrected chi connectivity index (χ1v) is 11.2. The van der Waals surface area contributed by atoms with Crippen LogP contribution in [0.5, 0.6) is 11.5 Å². The molecule has 0 spiro atoms. The van der Waals surface area contributed by atoms with Crippen LogP contribution >= 0.6 is 23.8 Å². The van der Waals surface area contributed by atoms with E-state index in [-0.39, 0.29) is 24.0 Å². The summed E-state index contributed by atoms with van der Waals surface area (Å²) in [6.45, 7) is 1.61. The van der Waals surface area contributed by atoms with Gasteiger partial charge in [-0.2, -0.15) is 0 Å². The Hall–Kier alpha value is -3.63. The van der Waals surface area contributed by atoms with E-state index in [4.69, 9.17) is 38.0 Å². The van der Waals surface area contributed by atoms with E-state index in [2.05, 4.69) is 4.74 Å². The summed E-state index contributed by atoms with van der Waals surface area (Å²) in [5.41, 5.74) is 1.25. The largest absolute Gasteiger partial charge is 0.490 e. The monoisotopic (exact) mass is 518 g/mol. The predicted octanol–water partition coefficient (Wildman–Crippen LogP) is 3.44. The van der Waals surface area contributed by atoms with E-state index in [1.165, 1.54) is 24.0 Å². The van der Waals surface area contributed by atoms with Gasteiger partial charge >= 0.3 is 11.9 Å². The molecule has 1 aliphatic heterocycles. The fraction of sp³-hybridized carbons (Fsp3) is 0.250. The highest BCUT2D eigenvalue weighted by Gasteiger charge is 2.40. The van der Waals surface area contributed by atoms with E-state index in [0.29, 0.717) is 34.4 Å². The van der Waals surface area contributed by atoms with Crippen LogP contribution in [0.15, 0.2) is 48.2 Å². The lowest BCUT2D eigenvalue weighted by Crippen LogP contribution is -2.35. The topological polar surface area (TPSA) is 94.6 Å². The molecule has 3 rings (SSSR count). The van der Waals surface area contributed by atoms with E-state index in [0.717, 1.165) is 0 Å². The summed E-state index contributed by atoms with van der Waals surface area (Å²) in [5.74, 6) is -0.824. The minimum atomic E-state index is -0.564. The molecule has 1 amide bonds. The molecule has 1 fully saturated rings. The van der Waals surface area contributed by atoms with Crippen molar-refractivity contribution in [3.05, 3.63) is 58.7 Å². The molecule has 0 N–H and O–H groups in total. The molecule has 2 aromatic carbocycles. The molecule has 1 aliphatic rings. The molecule has 0 aliphatic carbocycles. The number of amides is 1. The van der Waals surface area contributed by atoms with Gasteiger partial charge in [0.25, 0.3) is 5.91 Å². The second-order valence-electron chi connectivity index (χ2n) is 7.10. The van der Waals surface area contributed by atoms with Crippen LogP contribution in [0, 0.1) is 0 Å². The first-order valence-electron chi connectivity index (χ1n) is 10.5. The maximum atomic E-state index is 13.4. The van der Waals surface area contributed by atoms with Crippen molar-refractivity contribution in [1.82, 2.24) is 4.90 Å². The second kappa shape index (κ2) is 11.7. The van der Waals surface area contributed by atoms with Gasteiger partial charge in [-0.3, -0.25) is 14.5 Å². The maximum Gasteiger partial charge on any atom is 0.343 e. The third kappa shape index (κ3) is 6.09. The summed E-state index contributed by atoms with van der Waals surface area (Å²) in [5, 5.41) is 0.628. The van der Waals surface area contributed by atoms with Gasteiger partial charge < -0.3 is 23.8 Å². The Labute approximate surface area is 212 Å². The summed E-state index contributed by atoms with van der Waals surface area (Å²) in [6.07, 6.45) is 1.58. The summed E-state index contributed by atoms with van der Waals surface area (Å²) < 4.78 is 20.5. The maximum absolute atomic E-state index is 13.4. The molecule has 0 unspecified atom stereocenters. The molecular weight excluding hydrogens is 496 g/mol. The summed E-state index contributed by atoms with van der Waals surface area (Å²) in [6, 6.07) is 11.5. The van der Waals surface area contributed by atoms with Crippen LogP contribution in [-0.2, 0) is 23.9 Å². The van der Waals surface area contributed by atoms with E-state index in [9.17, 15) is 14.4 Å². The number of anilines is 1. The van der Waals surface area contributed by atoms with Gasteiger partial charge in [0.05, 0.1) is 26.5 Å². The highest BCUT2D eigenvalue weighted by molar-refractivity contribution is 7.80. The summed E-state index contributed by atoms with van der Waals surface area (Å²) >= 11 is 11.5. The Bertz CT molecular complexity index is 1170. The number of rotatable bonds is 9. The number of carbonyl (C=O) groups is 3. The molecule has 11 heteroatoms. The lowest BCUT2D eigenvalue weighted by atomic mass is 10.1. The Morgan fingerprint density at radius 2 is 1.69 bits per heavy atom. The van der Waals surface area contributed by atoms with Crippen LogP contribution in [-0.4, -0.2) is 61.8 Å². The molecule has 35 heavy (non-hydrogen) atoms. The number of benzene rings is 2.